The number of imidazole rings is 1. The van der Waals surface area contributed by atoms with Crippen molar-refractivity contribution in [1.29, 1.82) is 0 Å². The maximum atomic E-state index is 6.12. The van der Waals surface area contributed by atoms with Gasteiger partial charge in [0.25, 0.3) is 0 Å². The van der Waals surface area contributed by atoms with Crippen LogP contribution in [0, 0.1) is 6.92 Å². The average Bonchev–Trinajstić information content (AvgIpc) is 2.94. The van der Waals surface area contributed by atoms with Crippen LogP contribution in [0.5, 0.6) is 0 Å². The second-order valence-corrected chi connectivity index (χ2v) is 4.97. The second-order valence-electron chi connectivity index (χ2n) is 4.97. The summed E-state index contributed by atoms with van der Waals surface area (Å²) < 4.78 is 0. The summed E-state index contributed by atoms with van der Waals surface area (Å²) in [6.07, 6.45) is 2.38. The summed E-state index contributed by atoms with van der Waals surface area (Å²) in [6.45, 7) is 4.10. The Balaban J connectivity index is 2.24. The standard InChI is InChI=1S/C13H17N3/c1-8(14)13(6-7-13)10-4-3-5-11-12(10)16-9(2)15-11/h3-5,8H,6-7,14H2,1-2H3,(H,15,16). The van der Waals surface area contributed by atoms with Gasteiger partial charge in [-0.25, -0.2) is 4.98 Å². The van der Waals surface area contributed by atoms with E-state index in [0.29, 0.717) is 0 Å². The number of nitrogens with zero attached hydrogens (tertiary/aromatic N) is 1. The highest BCUT2D eigenvalue weighted by Crippen LogP contribution is 2.51. The van der Waals surface area contributed by atoms with Gasteiger partial charge in [-0.05, 0) is 38.3 Å². The molecule has 1 unspecified atom stereocenters. The molecule has 2 aromatic rings. The van der Waals surface area contributed by atoms with Gasteiger partial charge in [0.2, 0.25) is 0 Å². The van der Waals surface area contributed by atoms with E-state index in [2.05, 4.69) is 35.1 Å². The summed E-state index contributed by atoms with van der Waals surface area (Å²) in [5.74, 6) is 0.975. The monoisotopic (exact) mass is 215 g/mol. The highest BCUT2D eigenvalue weighted by molar-refractivity contribution is 5.80. The first kappa shape index (κ1) is 9.85. The molecule has 0 spiro atoms. The van der Waals surface area contributed by atoms with Crippen LogP contribution in [0.15, 0.2) is 18.2 Å². The number of para-hydroxylation sites is 1. The number of rotatable bonds is 2. The molecule has 0 bridgehead atoms. The summed E-state index contributed by atoms with van der Waals surface area (Å²) in [4.78, 5) is 7.88. The van der Waals surface area contributed by atoms with E-state index in [1.807, 2.05) is 6.92 Å². The quantitative estimate of drug-likeness (QED) is 0.807. The molecule has 3 N–H and O–H groups in total. The highest BCUT2D eigenvalue weighted by Gasteiger charge is 2.48. The van der Waals surface area contributed by atoms with E-state index in [4.69, 9.17) is 5.73 Å². The Bertz CT molecular complexity index is 535. The van der Waals surface area contributed by atoms with Gasteiger partial charge in [-0.15, -0.1) is 0 Å². The van der Waals surface area contributed by atoms with Gasteiger partial charge >= 0.3 is 0 Å². The SMILES string of the molecule is Cc1nc2c(C3(C(C)N)CC3)cccc2[nH]1. The van der Waals surface area contributed by atoms with Crippen LogP contribution in [0.25, 0.3) is 11.0 Å². The molecule has 1 saturated carbocycles. The predicted octanol–water partition coefficient (Wildman–Crippen LogP) is 2.25. The van der Waals surface area contributed by atoms with Crippen molar-refractivity contribution >= 4 is 11.0 Å². The second kappa shape index (κ2) is 3.08. The molecular weight excluding hydrogens is 198 g/mol. The number of hydrogen-bond donors (Lipinski definition) is 2. The van der Waals surface area contributed by atoms with Crippen molar-refractivity contribution in [2.24, 2.45) is 5.73 Å². The van der Waals surface area contributed by atoms with Crippen LogP contribution < -0.4 is 5.73 Å². The van der Waals surface area contributed by atoms with Crippen LogP contribution in [-0.2, 0) is 5.41 Å². The van der Waals surface area contributed by atoms with Crippen molar-refractivity contribution in [2.45, 2.75) is 38.1 Å². The maximum absolute atomic E-state index is 6.12. The Morgan fingerprint density at radius 3 is 2.81 bits per heavy atom. The van der Waals surface area contributed by atoms with E-state index in [-0.39, 0.29) is 11.5 Å². The van der Waals surface area contributed by atoms with Crippen molar-refractivity contribution in [2.75, 3.05) is 0 Å². The molecule has 3 nitrogen and oxygen atoms in total. The van der Waals surface area contributed by atoms with Gasteiger partial charge in [0.1, 0.15) is 5.82 Å². The first-order chi connectivity index (χ1) is 7.63. The molecule has 0 amide bonds. The van der Waals surface area contributed by atoms with E-state index in [0.717, 1.165) is 16.9 Å². The molecule has 1 aromatic carbocycles. The lowest BCUT2D eigenvalue weighted by Crippen LogP contribution is -2.31. The Morgan fingerprint density at radius 1 is 1.44 bits per heavy atom. The number of aromatic nitrogens is 2. The Morgan fingerprint density at radius 2 is 2.19 bits per heavy atom. The van der Waals surface area contributed by atoms with Crippen molar-refractivity contribution < 1.29 is 0 Å². The number of H-pyrrole nitrogens is 1. The molecule has 16 heavy (non-hydrogen) atoms. The van der Waals surface area contributed by atoms with Crippen molar-refractivity contribution in [1.82, 2.24) is 9.97 Å². The Kier molecular flexibility index (Phi) is 1.89. The normalized spacial score (nSPS) is 19.9. The van der Waals surface area contributed by atoms with Crippen LogP contribution in [0.1, 0.15) is 31.2 Å². The van der Waals surface area contributed by atoms with Gasteiger partial charge in [-0.3, -0.25) is 0 Å². The third kappa shape index (κ3) is 1.21. The molecule has 3 rings (SSSR count). The smallest absolute Gasteiger partial charge is 0.104 e. The first-order valence-electron chi connectivity index (χ1n) is 5.85. The van der Waals surface area contributed by atoms with Gasteiger partial charge in [0.15, 0.2) is 0 Å². The molecular formula is C13H17N3. The number of hydrogen-bond acceptors (Lipinski definition) is 2. The third-order valence-corrected chi connectivity index (χ3v) is 3.83. The van der Waals surface area contributed by atoms with Gasteiger partial charge in [0, 0.05) is 11.5 Å². The summed E-state index contributed by atoms with van der Waals surface area (Å²) in [5, 5.41) is 0. The van der Waals surface area contributed by atoms with Gasteiger partial charge < -0.3 is 10.7 Å². The summed E-state index contributed by atoms with van der Waals surface area (Å²) in [7, 11) is 0. The molecule has 0 radical (unpaired) electrons. The number of aromatic amines is 1. The minimum absolute atomic E-state index is 0.182. The Hall–Kier alpha value is -1.35. The van der Waals surface area contributed by atoms with E-state index in [9.17, 15) is 0 Å². The van der Waals surface area contributed by atoms with Gasteiger partial charge in [0.05, 0.1) is 11.0 Å². The third-order valence-electron chi connectivity index (χ3n) is 3.83. The van der Waals surface area contributed by atoms with E-state index in [1.54, 1.807) is 0 Å². The predicted molar refractivity (Wildman–Crippen MR) is 65.4 cm³/mol. The van der Waals surface area contributed by atoms with Crippen LogP contribution in [-0.4, -0.2) is 16.0 Å². The molecule has 1 aromatic heterocycles. The highest BCUT2D eigenvalue weighted by atomic mass is 14.9. The van der Waals surface area contributed by atoms with Gasteiger partial charge in [-0.1, -0.05) is 12.1 Å². The fraction of sp³-hybridized carbons (Fsp3) is 0.462. The molecule has 84 valence electrons. The summed E-state index contributed by atoms with van der Waals surface area (Å²) >= 11 is 0. The lowest BCUT2D eigenvalue weighted by Gasteiger charge is -2.20. The first-order valence-corrected chi connectivity index (χ1v) is 5.85. The topological polar surface area (TPSA) is 54.7 Å². The number of nitrogens with one attached hydrogen (secondary N) is 1. The van der Waals surface area contributed by atoms with E-state index in [1.165, 1.54) is 18.4 Å². The zero-order chi connectivity index (χ0) is 11.3. The van der Waals surface area contributed by atoms with Crippen LogP contribution >= 0.6 is 0 Å². The van der Waals surface area contributed by atoms with E-state index >= 15 is 0 Å². The van der Waals surface area contributed by atoms with Crippen LogP contribution in [0.2, 0.25) is 0 Å². The zero-order valence-corrected chi connectivity index (χ0v) is 9.75. The zero-order valence-electron chi connectivity index (χ0n) is 9.75. The molecule has 1 aliphatic rings. The molecule has 1 fully saturated rings. The summed E-state index contributed by atoms with van der Waals surface area (Å²) in [5.41, 5.74) is 9.86. The fourth-order valence-electron chi connectivity index (χ4n) is 2.66. The molecule has 3 heteroatoms. The van der Waals surface area contributed by atoms with Crippen LogP contribution in [0.4, 0.5) is 0 Å². The van der Waals surface area contributed by atoms with Crippen LogP contribution in [0.3, 0.4) is 0 Å². The minimum Gasteiger partial charge on any atom is -0.342 e. The fourth-order valence-corrected chi connectivity index (χ4v) is 2.66. The molecule has 1 heterocycles. The lowest BCUT2D eigenvalue weighted by molar-refractivity contribution is 0.560. The van der Waals surface area contributed by atoms with E-state index < -0.39 is 0 Å². The minimum atomic E-state index is 0.182. The lowest BCUT2D eigenvalue weighted by atomic mass is 9.88. The largest absolute Gasteiger partial charge is 0.342 e. The molecule has 0 saturated heterocycles. The average molecular weight is 215 g/mol. The van der Waals surface area contributed by atoms with Crippen molar-refractivity contribution in [3.05, 3.63) is 29.6 Å². The maximum Gasteiger partial charge on any atom is 0.104 e. The number of benzene rings is 1. The molecule has 0 aliphatic heterocycles. The number of nitrogens with two attached hydrogens (primary N) is 1. The molecule has 1 atom stereocenters. The summed E-state index contributed by atoms with van der Waals surface area (Å²) in [6, 6.07) is 6.56. The van der Waals surface area contributed by atoms with Crippen molar-refractivity contribution in [3.8, 4) is 0 Å². The van der Waals surface area contributed by atoms with Crippen molar-refractivity contribution in [3.63, 3.8) is 0 Å². The van der Waals surface area contributed by atoms with Gasteiger partial charge in [-0.2, -0.15) is 0 Å². The molecule has 1 aliphatic carbocycles. The number of aryl methyl sites for hydroxylation is 1. The Labute approximate surface area is 95.1 Å². The number of fused-ring (bicyclic) bond motifs is 1.